The van der Waals surface area contributed by atoms with Gasteiger partial charge in [-0.2, -0.15) is 0 Å². The van der Waals surface area contributed by atoms with E-state index in [2.05, 4.69) is 22.8 Å². The number of β-amino-alcohol motifs (C(OH)–C–C–N with tert-alkyl or cyclic N) is 1. The Hall–Kier alpha value is -0.810. The van der Waals surface area contributed by atoms with E-state index in [0.717, 1.165) is 43.7 Å². The van der Waals surface area contributed by atoms with Crippen LogP contribution in [-0.2, 0) is 6.54 Å². The van der Waals surface area contributed by atoms with Gasteiger partial charge in [-0.3, -0.25) is 4.90 Å². The van der Waals surface area contributed by atoms with Crippen molar-refractivity contribution < 1.29 is 9.84 Å². The fourth-order valence-electron chi connectivity index (χ4n) is 3.29. The highest BCUT2D eigenvalue weighted by Crippen LogP contribution is 2.28. The summed E-state index contributed by atoms with van der Waals surface area (Å²) >= 11 is 6.31. The van der Waals surface area contributed by atoms with Gasteiger partial charge >= 0.3 is 0 Å². The van der Waals surface area contributed by atoms with Gasteiger partial charge in [-0.25, -0.2) is 0 Å². The molecular formula is C18H29ClN2O2. The van der Waals surface area contributed by atoms with Crippen molar-refractivity contribution in [2.75, 3.05) is 40.3 Å². The number of likely N-dealkylation sites (N-methyl/N-ethyl adjacent to an activating group) is 1. The van der Waals surface area contributed by atoms with Crippen molar-refractivity contribution in [2.24, 2.45) is 0 Å². The number of piperidine rings is 1. The molecule has 1 saturated heterocycles. The second kappa shape index (κ2) is 8.34. The van der Waals surface area contributed by atoms with Gasteiger partial charge in [-0.1, -0.05) is 24.6 Å². The molecule has 2 rings (SSSR count). The first kappa shape index (κ1) is 18.5. The van der Waals surface area contributed by atoms with Crippen molar-refractivity contribution in [3.05, 3.63) is 28.8 Å². The molecular weight excluding hydrogens is 312 g/mol. The van der Waals surface area contributed by atoms with Gasteiger partial charge in [-0.05, 0) is 57.6 Å². The van der Waals surface area contributed by atoms with Crippen LogP contribution in [0.2, 0.25) is 5.02 Å². The summed E-state index contributed by atoms with van der Waals surface area (Å²) in [6.45, 7) is 5.99. The molecule has 5 heteroatoms. The maximum absolute atomic E-state index is 10.8. The van der Waals surface area contributed by atoms with E-state index < -0.39 is 5.60 Å². The Morgan fingerprint density at radius 3 is 2.83 bits per heavy atom. The van der Waals surface area contributed by atoms with E-state index in [-0.39, 0.29) is 0 Å². The minimum absolute atomic E-state index is 0.615. The zero-order chi connectivity index (χ0) is 16.9. The Labute approximate surface area is 145 Å². The summed E-state index contributed by atoms with van der Waals surface area (Å²) in [6.07, 6.45) is 2.86. The summed E-state index contributed by atoms with van der Waals surface area (Å²) in [5.41, 5.74) is 0.545. The lowest BCUT2D eigenvalue weighted by molar-refractivity contribution is -0.0479. The fraction of sp³-hybridized carbons (Fsp3) is 0.667. The maximum Gasteiger partial charge on any atom is 0.137 e. The molecule has 0 aromatic heterocycles. The fourth-order valence-corrected chi connectivity index (χ4v) is 3.55. The molecule has 23 heavy (non-hydrogen) atoms. The lowest BCUT2D eigenvalue weighted by Crippen LogP contribution is -2.52. The van der Waals surface area contributed by atoms with Gasteiger partial charge in [0.25, 0.3) is 0 Å². The maximum atomic E-state index is 10.8. The van der Waals surface area contributed by atoms with Crippen molar-refractivity contribution in [1.82, 2.24) is 9.80 Å². The van der Waals surface area contributed by atoms with E-state index in [1.165, 1.54) is 0 Å². The number of aliphatic hydroxyl groups is 1. The highest BCUT2D eigenvalue weighted by molar-refractivity contribution is 6.32. The average Bonchev–Trinajstić information content (AvgIpc) is 2.45. The SMILES string of the molecule is CCCOc1ccc(CN2CCCC(O)(CN(C)C)C2)cc1Cl. The predicted molar refractivity (Wildman–Crippen MR) is 95.3 cm³/mol. The third-order valence-electron chi connectivity index (χ3n) is 4.11. The number of benzene rings is 1. The molecule has 1 atom stereocenters. The number of likely N-dealkylation sites (tertiary alicyclic amines) is 1. The molecule has 1 heterocycles. The van der Waals surface area contributed by atoms with Gasteiger partial charge in [-0.15, -0.1) is 0 Å². The molecule has 1 fully saturated rings. The average molecular weight is 341 g/mol. The Bertz CT molecular complexity index is 510. The summed E-state index contributed by atoms with van der Waals surface area (Å²) in [5.74, 6) is 0.750. The minimum Gasteiger partial charge on any atom is -0.492 e. The normalized spacial score (nSPS) is 22.5. The number of hydrogen-bond donors (Lipinski definition) is 1. The van der Waals surface area contributed by atoms with Gasteiger partial charge < -0.3 is 14.7 Å². The minimum atomic E-state index is -0.615. The van der Waals surface area contributed by atoms with Crippen LogP contribution in [0, 0.1) is 0 Å². The number of nitrogens with zero attached hydrogens (tertiary/aromatic N) is 2. The van der Waals surface area contributed by atoms with Crippen molar-refractivity contribution in [3.8, 4) is 5.75 Å². The first-order valence-corrected chi connectivity index (χ1v) is 8.80. The second-order valence-electron chi connectivity index (χ2n) is 6.89. The lowest BCUT2D eigenvalue weighted by atomic mass is 9.92. The van der Waals surface area contributed by atoms with Crippen LogP contribution in [0.25, 0.3) is 0 Å². The highest BCUT2D eigenvalue weighted by atomic mass is 35.5. The Morgan fingerprint density at radius 1 is 1.39 bits per heavy atom. The molecule has 0 saturated carbocycles. The van der Waals surface area contributed by atoms with Gasteiger partial charge in [0.1, 0.15) is 5.75 Å². The molecule has 0 amide bonds. The van der Waals surface area contributed by atoms with Gasteiger partial charge in [0, 0.05) is 19.6 Å². The molecule has 130 valence electrons. The smallest absolute Gasteiger partial charge is 0.137 e. The second-order valence-corrected chi connectivity index (χ2v) is 7.30. The van der Waals surface area contributed by atoms with E-state index in [4.69, 9.17) is 16.3 Å². The number of hydrogen-bond acceptors (Lipinski definition) is 4. The van der Waals surface area contributed by atoms with E-state index in [0.29, 0.717) is 24.7 Å². The molecule has 0 radical (unpaired) electrons. The zero-order valence-electron chi connectivity index (χ0n) is 14.5. The summed E-state index contributed by atoms with van der Waals surface area (Å²) < 4.78 is 5.62. The molecule has 4 nitrogen and oxygen atoms in total. The van der Waals surface area contributed by atoms with Crippen molar-refractivity contribution >= 4 is 11.6 Å². The first-order valence-electron chi connectivity index (χ1n) is 8.42. The van der Waals surface area contributed by atoms with Crippen LogP contribution in [0.5, 0.6) is 5.75 Å². The quantitative estimate of drug-likeness (QED) is 0.827. The van der Waals surface area contributed by atoms with Gasteiger partial charge in [0.2, 0.25) is 0 Å². The Kier molecular flexibility index (Phi) is 6.72. The standard InChI is InChI=1S/C18H29ClN2O2/c1-4-10-23-17-7-6-15(11-16(17)19)12-21-9-5-8-18(22,14-21)13-20(2)3/h6-7,11,22H,4-5,8-10,12-14H2,1-3H3. The van der Waals surface area contributed by atoms with Crippen LogP contribution in [0.1, 0.15) is 31.7 Å². The largest absolute Gasteiger partial charge is 0.492 e. The number of halogens is 1. The molecule has 1 aliphatic heterocycles. The summed E-state index contributed by atoms with van der Waals surface area (Å²) in [7, 11) is 4.01. The van der Waals surface area contributed by atoms with Crippen LogP contribution in [0.15, 0.2) is 18.2 Å². The summed E-state index contributed by atoms with van der Waals surface area (Å²) in [5, 5.41) is 11.4. The topological polar surface area (TPSA) is 35.9 Å². The van der Waals surface area contributed by atoms with Gasteiger partial charge in [0.05, 0.1) is 17.2 Å². The predicted octanol–water partition coefficient (Wildman–Crippen LogP) is 3.02. The number of ether oxygens (including phenoxy) is 1. The third-order valence-corrected chi connectivity index (χ3v) is 4.40. The molecule has 1 aromatic rings. The van der Waals surface area contributed by atoms with E-state index in [9.17, 15) is 5.11 Å². The van der Waals surface area contributed by atoms with E-state index in [1.807, 2.05) is 26.2 Å². The van der Waals surface area contributed by atoms with Crippen LogP contribution < -0.4 is 4.74 Å². The molecule has 0 bridgehead atoms. The number of rotatable bonds is 7. The highest BCUT2D eigenvalue weighted by Gasteiger charge is 2.33. The van der Waals surface area contributed by atoms with E-state index >= 15 is 0 Å². The molecule has 1 unspecified atom stereocenters. The van der Waals surface area contributed by atoms with Crippen LogP contribution in [0.4, 0.5) is 0 Å². The Balaban J connectivity index is 1.97. The van der Waals surface area contributed by atoms with E-state index in [1.54, 1.807) is 0 Å². The summed E-state index contributed by atoms with van der Waals surface area (Å²) in [4.78, 5) is 4.37. The van der Waals surface area contributed by atoms with Crippen LogP contribution in [-0.4, -0.2) is 60.8 Å². The van der Waals surface area contributed by atoms with Crippen LogP contribution in [0.3, 0.4) is 0 Å². The molecule has 1 aromatic carbocycles. The van der Waals surface area contributed by atoms with Crippen molar-refractivity contribution in [3.63, 3.8) is 0 Å². The Morgan fingerprint density at radius 2 is 2.17 bits per heavy atom. The van der Waals surface area contributed by atoms with Crippen molar-refractivity contribution in [2.45, 2.75) is 38.3 Å². The first-order chi connectivity index (χ1) is 10.9. The van der Waals surface area contributed by atoms with Crippen LogP contribution >= 0.6 is 11.6 Å². The monoisotopic (exact) mass is 340 g/mol. The lowest BCUT2D eigenvalue weighted by Gasteiger charge is -2.40. The molecule has 1 N–H and O–H groups in total. The summed E-state index contributed by atoms with van der Waals surface area (Å²) in [6, 6.07) is 5.99. The molecule has 0 spiro atoms. The zero-order valence-corrected chi connectivity index (χ0v) is 15.3. The van der Waals surface area contributed by atoms with Crippen molar-refractivity contribution in [1.29, 1.82) is 0 Å². The molecule has 0 aliphatic carbocycles. The molecule has 1 aliphatic rings. The third kappa shape index (κ3) is 5.64. The van der Waals surface area contributed by atoms with Gasteiger partial charge in [0.15, 0.2) is 0 Å².